The molecule has 0 unspecified atom stereocenters. The van der Waals surface area contributed by atoms with Crippen LogP contribution in [0.4, 0.5) is 5.13 Å². The van der Waals surface area contributed by atoms with Gasteiger partial charge in [0.2, 0.25) is 15.9 Å². The van der Waals surface area contributed by atoms with E-state index in [9.17, 15) is 13.2 Å². The summed E-state index contributed by atoms with van der Waals surface area (Å²) in [6, 6.07) is 7.54. The number of anilines is 1. The van der Waals surface area contributed by atoms with E-state index >= 15 is 0 Å². The minimum atomic E-state index is -3.21. The van der Waals surface area contributed by atoms with E-state index in [4.69, 9.17) is 9.15 Å². The van der Waals surface area contributed by atoms with Gasteiger partial charge in [0.25, 0.3) is 0 Å². The molecule has 2 aromatic heterocycles. The molecular formula is C19H21N3O5S2. The molecule has 29 heavy (non-hydrogen) atoms. The van der Waals surface area contributed by atoms with Gasteiger partial charge in [0.15, 0.2) is 22.2 Å². The molecule has 3 heterocycles. The van der Waals surface area contributed by atoms with E-state index in [2.05, 4.69) is 10.3 Å². The number of piperidine rings is 1. The highest BCUT2D eigenvalue weighted by Gasteiger charge is 2.29. The van der Waals surface area contributed by atoms with Crippen molar-refractivity contribution in [2.45, 2.75) is 12.8 Å². The van der Waals surface area contributed by atoms with Crippen LogP contribution in [0.2, 0.25) is 0 Å². The third-order valence-electron chi connectivity index (χ3n) is 5.01. The van der Waals surface area contributed by atoms with Crippen LogP contribution in [0, 0.1) is 5.92 Å². The predicted molar refractivity (Wildman–Crippen MR) is 112 cm³/mol. The molecule has 0 atom stereocenters. The molecule has 154 valence electrons. The van der Waals surface area contributed by atoms with Crippen molar-refractivity contribution in [3.63, 3.8) is 0 Å². The van der Waals surface area contributed by atoms with E-state index < -0.39 is 10.0 Å². The molecule has 0 spiro atoms. The Morgan fingerprint density at radius 1 is 1.34 bits per heavy atom. The van der Waals surface area contributed by atoms with Crippen molar-refractivity contribution in [1.29, 1.82) is 0 Å². The first-order valence-corrected chi connectivity index (χ1v) is 11.9. The lowest BCUT2D eigenvalue weighted by atomic mass is 9.97. The Bertz CT molecular complexity index is 1140. The highest BCUT2D eigenvalue weighted by molar-refractivity contribution is 7.88. The van der Waals surface area contributed by atoms with Gasteiger partial charge in [-0.25, -0.2) is 17.7 Å². The fourth-order valence-corrected chi connectivity index (χ4v) is 5.00. The smallest absolute Gasteiger partial charge is 0.229 e. The monoisotopic (exact) mass is 435 g/mol. The van der Waals surface area contributed by atoms with Crippen LogP contribution in [-0.2, 0) is 14.8 Å². The van der Waals surface area contributed by atoms with Gasteiger partial charge in [-0.2, -0.15) is 0 Å². The van der Waals surface area contributed by atoms with Gasteiger partial charge in [0.1, 0.15) is 5.69 Å². The minimum absolute atomic E-state index is 0.134. The fraction of sp³-hybridized carbons (Fsp3) is 0.368. The number of fused-ring (bicyclic) bond motifs is 1. The molecule has 0 radical (unpaired) electrons. The Morgan fingerprint density at radius 2 is 2.10 bits per heavy atom. The number of carbonyl (C=O) groups excluding carboxylic acids is 1. The molecule has 3 aromatic rings. The second kappa shape index (κ2) is 7.77. The van der Waals surface area contributed by atoms with E-state index in [1.165, 1.54) is 21.9 Å². The zero-order chi connectivity index (χ0) is 20.6. The number of amides is 1. The molecule has 1 fully saturated rings. The molecule has 4 rings (SSSR count). The number of para-hydroxylation sites is 1. The van der Waals surface area contributed by atoms with Gasteiger partial charge < -0.3 is 14.5 Å². The number of thiazole rings is 1. The van der Waals surface area contributed by atoms with E-state index in [1.807, 2.05) is 29.6 Å². The van der Waals surface area contributed by atoms with Crippen molar-refractivity contribution in [3.8, 4) is 17.2 Å². The van der Waals surface area contributed by atoms with Crippen LogP contribution in [0.25, 0.3) is 22.4 Å². The number of sulfonamides is 1. The standard InChI is InChI=1S/C19H21N3O5S2/c1-26-15-5-3-4-13-10-16(27-17(13)15)14-11-28-19(20-14)21-18(23)12-6-8-22(9-7-12)29(2,24)25/h3-5,10-12H,6-9H2,1-2H3,(H,20,21,23). The zero-order valence-electron chi connectivity index (χ0n) is 16.0. The van der Waals surface area contributed by atoms with Gasteiger partial charge in [0.05, 0.1) is 13.4 Å². The third kappa shape index (κ3) is 4.14. The number of benzene rings is 1. The summed E-state index contributed by atoms with van der Waals surface area (Å²) < 4.78 is 35.8. The van der Waals surface area contributed by atoms with Gasteiger partial charge in [-0.15, -0.1) is 11.3 Å². The summed E-state index contributed by atoms with van der Waals surface area (Å²) in [6.45, 7) is 0.724. The molecule has 1 aromatic carbocycles. The molecule has 1 saturated heterocycles. The van der Waals surface area contributed by atoms with Crippen molar-refractivity contribution < 1.29 is 22.4 Å². The number of ether oxygens (including phenoxy) is 1. The van der Waals surface area contributed by atoms with Crippen LogP contribution in [-0.4, -0.2) is 50.1 Å². The van der Waals surface area contributed by atoms with Crippen LogP contribution in [0.15, 0.2) is 34.1 Å². The molecule has 0 bridgehead atoms. The first-order chi connectivity index (χ1) is 13.8. The van der Waals surface area contributed by atoms with Crippen LogP contribution < -0.4 is 10.1 Å². The van der Waals surface area contributed by atoms with Crippen LogP contribution in [0.3, 0.4) is 0 Å². The van der Waals surface area contributed by atoms with E-state index in [1.54, 1.807) is 7.11 Å². The lowest BCUT2D eigenvalue weighted by molar-refractivity contribution is -0.120. The number of rotatable bonds is 5. The Labute approximate surface area is 172 Å². The Morgan fingerprint density at radius 3 is 2.79 bits per heavy atom. The predicted octanol–water partition coefficient (Wildman–Crippen LogP) is 3.18. The van der Waals surface area contributed by atoms with Crippen LogP contribution >= 0.6 is 11.3 Å². The molecule has 0 aliphatic carbocycles. The average Bonchev–Trinajstić information content (AvgIpc) is 3.33. The zero-order valence-corrected chi connectivity index (χ0v) is 17.7. The summed E-state index contributed by atoms with van der Waals surface area (Å²) in [5.74, 6) is 0.891. The molecule has 1 N–H and O–H groups in total. The number of carbonyl (C=O) groups is 1. The summed E-state index contributed by atoms with van der Waals surface area (Å²) in [4.78, 5) is 17.0. The van der Waals surface area contributed by atoms with E-state index in [0.717, 1.165) is 5.39 Å². The second-order valence-electron chi connectivity index (χ2n) is 6.95. The first-order valence-electron chi connectivity index (χ1n) is 9.13. The van der Waals surface area contributed by atoms with E-state index in [-0.39, 0.29) is 11.8 Å². The number of hydrogen-bond donors (Lipinski definition) is 1. The Hall–Kier alpha value is -2.43. The molecular weight excluding hydrogens is 414 g/mol. The summed E-state index contributed by atoms with van der Waals surface area (Å²) in [5, 5.41) is 6.07. The normalized spacial score (nSPS) is 16.2. The molecule has 10 heteroatoms. The van der Waals surface area contributed by atoms with Crippen molar-refractivity contribution in [3.05, 3.63) is 29.6 Å². The van der Waals surface area contributed by atoms with Gasteiger partial charge in [-0.05, 0) is 25.0 Å². The molecule has 1 amide bonds. The molecule has 8 nitrogen and oxygen atoms in total. The maximum absolute atomic E-state index is 12.5. The number of nitrogens with zero attached hydrogens (tertiary/aromatic N) is 2. The highest BCUT2D eigenvalue weighted by atomic mass is 32.2. The summed E-state index contributed by atoms with van der Waals surface area (Å²) in [7, 11) is -1.61. The second-order valence-corrected chi connectivity index (χ2v) is 9.79. The number of hydrogen-bond acceptors (Lipinski definition) is 7. The fourth-order valence-electron chi connectivity index (χ4n) is 3.42. The van der Waals surface area contributed by atoms with E-state index in [0.29, 0.717) is 53.8 Å². The number of methoxy groups -OCH3 is 1. The summed E-state index contributed by atoms with van der Waals surface area (Å²) >= 11 is 1.32. The maximum Gasteiger partial charge on any atom is 0.229 e. The average molecular weight is 436 g/mol. The van der Waals surface area contributed by atoms with Crippen molar-refractivity contribution in [2.24, 2.45) is 5.92 Å². The van der Waals surface area contributed by atoms with Gasteiger partial charge in [-0.3, -0.25) is 4.79 Å². The third-order valence-corrected chi connectivity index (χ3v) is 7.07. The molecule has 0 saturated carbocycles. The minimum Gasteiger partial charge on any atom is -0.493 e. The van der Waals surface area contributed by atoms with Crippen molar-refractivity contribution in [1.82, 2.24) is 9.29 Å². The Balaban J connectivity index is 1.44. The van der Waals surface area contributed by atoms with Crippen LogP contribution in [0.1, 0.15) is 12.8 Å². The Kier molecular flexibility index (Phi) is 5.32. The van der Waals surface area contributed by atoms with Crippen molar-refractivity contribution >= 4 is 43.4 Å². The largest absolute Gasteiger partial charge is 0.493 e. The number of nitrogens with one attached hydrogen (secondary N) is 1. The van der Waals surface area contributed by atoms with Crippen LogP contribution in [0.5, 0.6) is 5.75 Å². The topological polar surface area (TPSA) is 102 Å². The highest BCUT2D eigenvalue weighted by Crippen LogP contribution is 2.34. The maximum atomic E-state index is 12.5. The summed E-state index contributed by atoms with van der Waals surface area (Å²) in [6.07, 6.45) is 2.19. The van der Waals surface area contributed by atoms with Gasteiger partial charge in [-0.1, -0.05) is 12.1 Å². The molecule has 1 aliphatic rings. The SMILES string of the molecule is COc1cccc2cc(-c3csc(NC(=O)C4CCN(S(C)(=O)=O)CC4)n3)oc12. The lowest BCUT2D eigenvalue weighted by Gasteiger charge is -2.29. The molecule has 1 aliphatic heterocycles. The quantitative estimate of drug-likeness (QED) is 0.660. The summed E-state index contributed by atoms with van der Waals surface area (Å²) in [5.41, 5.74) is 1.29. The first kappa shape index (κ1) is 19.9. The lowest BCUT2D eigenvalue weighted by Crippen LogP contribution is -2.40. The number of furan rings is 1. The van der Waals surface area contributed by atoms with Gasteiger partial charge in [0, 0.05) is 29.8 Å². The number of aromatic nitrogens is 1. The van der Waals surface area contributed by atoms with Crippen molar-refractivity contribution in [2.75, 3.05) is 31.8 Å². The van der Waals surface area contributed by atoms with Gasteiger partial charge >= 0.3 is 0 Å².